The lowest BCUT2D eigenvalue weighted by Crippen LogP contribution is -2.34. The second-order valence-corrected chi connectivity index (χ2v) is 8.45. The molecule has 0 bridgehead atoms. The number of benzene rings is 1. The van der Waals surface area contributed by atoms with E-state index in [0.29, 0.717) is 0 Å². The van der Waals surface area contributed by atoms with Gasteiger partial charge in [-0.05, 0) is 65.3 Å². The van der Waals surface area contributed by atoms with Crippen LogP contribution in [-0.4, -0.2) is 9.97 Å². The van der Waals surface area contributed by atoms with Gasteiger partial charge in [-0.3, -0.25) is 0 Å². The number of nitrogens with zero attached hydrogens (tertiary/aromatic N) is 2. The summed E-state index contributed by atoms with van der Waals surface area (Å²) in [5, 5.41) is 0. The molecule has 1 aliphatic carbocycles. The van der Waals surface area contributed by atoms with Gasteiger partial charge in [0.05, 0.1) is 0 Å². The topological polar surface area (TPSA) is 25.8 Å². The number of rotatable bonds is 2. The molecule has 0 fully saturated rings. The van der Waals surface area contributed by atoms with Crippen molar-refractivity contribution in [2.45, 2.75) is 71.6 Å². The minimum absolute atomic E-state index is 0.251. The van der Waals surface area contributed by atoms with E-state index in [2.05, 4.69) is 56.7 Å². The predicted octanol–water partition coefficient (Wildman–Crippen LogP) is 5.03. The molecule has 1 heterocycles. The molecule has 23 heavy (non-hydrogen) atoms. The van der Waals surface area contributed by atoms with Crippen LogP contribution in [0.5, 0.6) is 0 Å². The Balaban J connectivity index is 2.05. The van der Waals surface area contributed by atoms with Gasteiger partial charge in [-0.1, -0.05) is 39.8 Å². The van der Waals surface area contributed by atoms with Crippen molar-refractivity contribution in [3.63, 3.8) is 0 Å². The first-order valence-corrected chi connectivity index (χ1v) is 8.61. The van der Waals surface area contributed by atoms with Crippen LogP contribution >= 0.6 is 0 Å². The Morgan fingerprint density at radius 2 is 1.39 bits per heavy atom. The zero-order valence-electron chi connectivity index (χ0n) is 15.3. The van der Waals surface area contributed by atoms with Gasteiger partial charge in [-0.25, -0.2) is 9.97 Å². The summed E-state index contributed by atoms with van der Waals surface area (Å²) < 4.78 is 0. The van der Waals surface area contributed by atoms with E-state index in [1.807, 2.05) is 19.3 Å². The molecule has 0 N–H and O–H groups in total. The molecule has 0 unspecified atom stereocenters. The number of hydrogen-bond acceptors (Lipinski definition) is 2. The summed E-state index contributed by atoms with van der Waals surface area (Å²) in [4.78, 5) is 8.96. The summed E-state index contributed by atoms with van der Waals surface area (Å²) in [5.74, 6) is 0.909. The van der Waals surface area contributed by atoms with Crippen molar-refractivity contribution < 1.29 is 0 Å². The lowest BCUT2D eigenvalue weighted by atomic mass is 9.62. The summed E-state index contributed by atoms with van der Waals surface area (Å²) in [6.45, 7) is 13.8. The van der Waals surface area contributed by atoms with Crippen LogP contribution in [0.4, 0.5) is 0 Å². The Morgan fingerprint density at radius 3 is 1.96 bits per heavy atom. The summed E-state index contributed by atoms with van der Waals surface area (Å²) >= 11 is 0. The number of fused-ring (bicyclic) bond motifs is 1. The summed E-state index contributed by atoms with van der Waals surface area (Å²) in [6.07, 6.45) is 7.13. The first-order chi connectivity index (χ1) is 10.7. The molecule has 1 aromatic carbocycles. The highest BCUT2D eigenvalue weighted by Crippen LogP contribution is 2.46. The van der Waals surface area contributed by atoms with Crippen molar-refractivity contribution in [1.29, 1.82) is 0 Å². The molecule has 2 heteroatoms. The smallest absolute Gasteiger partial charge is 0.132 e. The Hall–Kier alpha value is -1.70. The monoisotopic (exact) mass is 308 g/mol. The molecule has 0 saturated carbocycles. The fourth-order valence-corrected chi connectivity index (χ4v) is 3.64. The molecule has 0 saturated heterocycles. The minimum Gasteiger partial charge on any atom is -0.241 e. The molecule has 1 aliphatic rings. The third-order valence-corrected chi connectivity index (χ3v) is 5.49. The lowest BCUT2D eigenvalue weighted by molar-refractivity contribution is 0.331. The number of aryl methyl sites for hydroxylation is 2. The molecular formula is C21H28N2. The van der Waals surface area contributed by atoms with Gasteiger partial charge in [0.15, 0.2) is 0 Å². The molecule has 3 rings (SSSR count). The average Bonchev–Trinajstić information content (AvgIpc) is 2.48. The number of hydrogen-bond donors (Lipinski definition) is 0. The molecule has 0 aliphatic heterocycles. The maximum atomic E-state index is 4.48. The highest BCUT2D eigenvalue weighted by molar-refractivity contribution is 5.47. The molecule has 0 amide bonds. The van der Waals surface area contributed by atoms with Crippen molar-refractivity contribution in [1.82, 2.24) is 9.97 Å². The Morgan fingerprint density at radius 1 is 0.870 bits per heavy atom. The van der Waals surface area contributed by atoms with Crippen molar-refractivity contribution in [3.8, 4) is 0 Å². The van der Waals surface area contributed by atoms with Gasteiger partial charge in [-0.15, -0.1) is 0 Å². The average molecular weight is 308 g/mol. The Kier molecular flexibility index (Phi) is 3.82. The van der Waals surface area contributed by atoms with Crippen LogP contribution in [0.3, 0.4) is 0 Å². The first-order valence-electron chi connectivity index (χ1n) is 8.61. The summed E-state index contributed by atoms with van der Waals surface area (Å²) in [6, 6.07) is 4.84. The summed E-state index contributed by atoms with van der Waals surface area (Å²) in [7, 11) is 0. The Bertz CT molecular complexity index is 724. The second-order valence-electron chi connectivity index (χ2n) is 8.45. The predicted molar refractivity (Wildman–Crippen MR) is 96.0 cm³/mol. The van der Waals surface area contributed by atoms with E-state index >= 15 is 0 Å². The molecule has 2 aromatic rings. The van der Waals surface area contributed by atoms with Gasteiger partial charge in [0, 0.05) is 18.8 Å². The Labute approximate surface area is 140 Å². The van der Waals surface area contributed by atoms with Crippen molar-refractivity contribution in [2.24, 2.45) is 0 Å². The third-order valence-electron chi connectivity index (χ3n) is 5.49. The van der Waals surface area contributed by atoms with Gasteiger partial charge < -0.3 is 0 Å². The van der Waals surface area contributed by atoms with E-state index in [1.165, 1.54) is 35.1 Å². The fourth-order valence-electron chi connectivity index (χ4n) is 3.64. The van der Waals surface area contributed by atoms with Crippen molar-refractivity contribution >= 4 is 0 Å². The van der Waals surface area contributed by atoms with Gasteiger partial charge in [-0.2, -0.15) is 0 Å². The molecular weight excluding hydrogens is 280 g/mol. The largest absolute Gasteiger partial charge is 0.241 e. The van der Waals surface area contributed by atoms with Crippen LogP contribution in [0.15, 0.2) is 24.5 Å². The van der Waals surface area contributed by atoms with Crippen LogP contribution < -0.4 is 0 Å². The zero-order valence-corrected chi connectivity index (χ0v) is 15.3. The van der Waals surface area contributed by atoms with E-state index in [0.717, 1.165) is 17.8 Å². The molecule has 1 aromatic heterocycles. The van der Waals surface area contributed by atoms with Gasteiger partial charge in [0.1, 0.15) is 5.82 Å². The molecule has 0 spiro atoms. The van der Waals surface area contributed by atoms with Crippen LogP contribution in [0.1, 0.15) is 74.2 Å². The van der Waals surface area contributed by atoms with Crippen LogP contribution in [0.25, 0.3) is 0 Å². The minimum atomic E-state index is 0.251. The van der Waals surface area contributed by atoms with Crippen LogP contribution in [0, 0.1) is 13.8 Å². The third kappa shape index (κ3) is 3.04. The van der Waals surface area contributed by atoms with Gasteiger partial charge in [0.25, 0.3) is 0 Å². The second kappa shape index (κ2) is 5.43. The molecule has 2 nitrogen and oxygen atoms in total. The maximum absolute atomic E-state index is 4.48. The quantitative estimate of drug-likeness (QED) is 0.777. The van der Waals surface area contributed by atoms with Gasteiger partial charge in [0.2, 0.25) is 0 Å². The van der Waals surface area contributed by atoms with E-state index in [9.17, 15) is 0 Å². The fraction of sp³-hybridized carbons (Fsp3) is 0.524. The van der Waals surface area contributed by atoms with E-state index in [-0.39, 0.29) is 10.8 Å². The molecule has 0 radical (unpaired) electrons. The summed E-state index contributed by atoms with van der Waals surface area (Å²) in [5.41, 5.74) is 7.40. The van der Waals surface area contributed by atoms with Crippen LogP contribution in [0.2, 0.25) is 0 Å². The van der Waals surface area contributed by atoms with Crippen LogP contribution in [-0.2, 0) is 17.3 Å². The number of aromatic nitrogens is 2. The van der Waals surface area contributed by atoms with Crippen molar-refractivity contribution in [3.05, 3.63) is 58.2 Å². The molecule has 122 valence electrons. The van der Waals surface area contributed by atoms with E-state index in [1.54, 1.807) is 0 Å². The maximum Gasteiger partial charge on any atom is 0.132 e. The van der Waals surface area contributed by atoms with E-state index < -0.39 is 0 Å². The normalized spacial score (nSPS) is 18.5. The highest BCUT2D eigenvalue weighted by atomic mass is 14.9. The van der Waals surface area contributed by atoms with E-state index in [4.69, 9.17) is 0 Å². The van der Waals surface area contributed by atoms with Crippen molar-refractivity contribution in [2.75, 3.05) is 0 Å². The first kappa shape index (κ1) is 16.2. The lowest BCUT2D eigenvalue weighted by Gasteiger charge is -2.42. The zero-order chi connectivity index (χ0) is 16.8. The standard InChI is InChI=1S/C21H28N2/c1-14-12-22-19(23-13-14)11-16-10-18-17(9-15(16)2)20(3,4)7-8-21(18,5)6/h9-10,12-13H,7-8,11H2,1-6H3. The molecule has 0 atom stereocenters. The van der Waals surface area contributed by atoms with Gasteiger partial charge >= 0.3 is 0 Å². The SMILES string of the molecule is Cc1cnc(Cc2cc3c(cc2C)C(C)(C)CCC3(C)C)nc1. The highest BCUT2D eigenvalue weighted by Gasteiger charge is 2.37.